The molecular formula is C18H22O6S. The van der Waals surface area contributed by atoms with Crippen LogP contribution in [-0.4, -0.2) is 39.0 Å². The fraction of sp³-hybridized carbons (Fsp3) is 0.333. The topological polar surface area (TPSA) is 82.1 Å². The molecule has 0 saturated carbocycles. The predicted octanol–water partition coefficient (Wildman–Crippen LogP) is 2.54. The zero-order chi connectivity index (χ0) is 22.6. The summed E-state index contributed by atoms with van der Waals surface area (Å²) in [5.41, 5.74) is 0.467. The molecular weight excluding hydrogens is 344 g/mol. The summed E-state index contributed by atoms with van der Waals surface area (Å²) < 4.78 is 76.4. The minimum atomic E-state index is -3.94. The van der Waals surface area contributed by atoms with E-state index in [1.807, 2.05) is 0 Å². The van der Waals surface area contributed by atoms with Gasteiger partial charge in [-0.15, -0.1) is 0 Å². The number of para-hydroxylation sites is 2. The average Bonchev–Trinajstić information content (AvgIpc) is 2.64. The standard InChI is InChI=1S/C18H22O6S/c1-3-22-15-11-7-8-12-16(15)23-18(14-9-5-4-6-10-14)17(13-19)24-25(2,20)21/h4-12,17-19H,3,13H2,1-2H3/t17-,18+/m0/s1/i1D3,3D2. The van der Waals surface area contributed by atoms with E-state index in [2.05, 4.69) is 0 Å². The SMILES string of the molecule is [2H]C([2H])([2H])C([2H])([2H])Oc1ccccc1O[C@H](c1ccccc1)[C@H](CO)OS(C)(=O)=O. The number of aliphatic hydroxyl groups excluding tert-OH is 1. The van der Waals surface area contributed by atoms with Crippen LogP contribution in [0.5, 0.6) is 11.5 Å². The Bertz CT molecular complexity index is 934. The van der Waals surface area contributed by atoms with E-state index < -0.39 is 42.3 Å². The van der Waals surface area contributed by atoms with E-state index in [1.165, 1.54) is 18.2 Å². The lowest BCUT2D eigenvalue weighted by atomic mass is 10.0. The van der Waals surface area contributed by atoms with Crippen LogP contribution >= 0.6 is 0 Å². The molecule has 0 aliphatic carbocycles. The third kappa shape index (κ3) is 5.74. The number of hydrogen-bond acceptors (Lipinski definition) is 6. The molecule has 25 heavy (non-hydrogen) atoms. The Labute approximate surface area is 155 Å². The molecule has 0 heterocycles. The third-order valence-electron chi connectivity index (χ3n) is 3.21. The highest BCUT2D eigenvalue weighted by atomic mass is 32.2. The molecule has 2 atom stereocenters. The van der Waals surface area contributed by atoms with Crippen LogP contribution in [-0.2, 0) is 14.3 Å². The van der Waals surface area contributed by atoms with Gasteiger partial charge < -0.3 is 14.6 Å². The van der Waals surface area contributed by atoms with Crippen LogP contribution in [0.25, 0.3) is 0 Å². The van der Waals surface area contributed by atoms with Crippen LogP contribution < -0.4 is 9.47 Å². The van der Waals surface area contributed by atoms with Gasteiger partial charge in [-0.05, 0) is 24.5 Å². The van der Waals surface area contributed by atoms with E-state index in [0.29, 0.717) is 5.56 Å². The zero-order valence-corrected chi connectivity index (χ0v) is 14.3. The van der Waals surface area contributed by atoms with E-state index in [0.717, 1.165) is 6.26 Å². The molecule has 0 aliphatic rings. The summed E-state index contributed by atoms with van der Waals surface area (Å²) in [4.78, 5) is 0. The largest absolute Gasteiger partial charge is 0.490 e. The van der Waals surface area contributed by atoms with E-state index in [9.17, 15) is 13.5 Å². The van der Waals surface area contributed by atoms with Gasteiger partial charge in [-0.2, -0.15) is 8.42 Å². The molecule has 0 aromatic heterocycles. The van der Waals surface area contributed by atoms with Gasteiger partial charge in [0.2, 0.25) is 0 Å². The van der Waals surface area contributed by atoms with Crippen molar-refractivity contribution in [1.82, 2.24) is 0 Å². The summed E-state index contributed by atoms with van der Waals surface area (Å²) in [5, 5.41) is 9.73. The Balaban J connectivity index is 2.44. The Morgan fingerprint density at radius 1 is 1.12 bits per heavy atom. The molecule has 0 spiro atoms. The van der Waals surface area contributed by atoms with Gasteiger partial charge in [0.25, 0.3) is 10.1 Å². The van der Waals surface area contributed by atoms with Crippen LogP contribution in [0.1, 0.15) is 25.4 Å². The Morgan fingerprint density at radius 3 is 2.36 bits per heavy atom. The minimum absolute atomic E-state index is 0.0602. The number of rotatable bonds is 9. The van der Waals surface area contributed by atoms with Gasteiger partial charge in [-0.3, -0.25) is 4.18 Å². The number of ether oxygens (including phenoxy) is 2. The first-order valence-electron chi connectivity index (χ1n) is 9.83. The van der Waals surface area contributed by atoms with Gasteiger partial charge in [-0.1, -0.05) is 42.5 Å². The number of benzene rings is 2. The van der Waals surface area contributed by atoms with Gasteiger partial charge >= 0.3 is 0 Å². The molecule has 0 aliphatic heterocycles. The van der Waals surface area contributed by atoms with Gasteiger partial charge in [0.05, 0.1) is 22.2 Å². The fourth-order valence-corrected chi connectivity index (χ4v) is 2.84. The van der Waals surface area contributed by atoms with Crippen LogP contribution in [0, 0.1) is 0 Å². The Kier molecular flexibility index (Phi) is 4.66. The summed E-state index contributed by atoms with van der Waals surface area (Å²) >= 11 is 0. The van der Waals surface area contributed by atoms with E-state index in [4.69, 9.17) is 20.5 Å². The molecule has 7 heteroatoms. The normalized spacial score (nSPS) is 17.9. The molecule has 2 rings (SSSR count). The second-order valence-corrected chi connectivity index (χ2v) is 6.72. The van der Waals surface area contributed by atoms with Crippen LogP contribution in [0.3, 0.4) is 0 Å². The summed E-state index contributed by atoms with van der Waals surface area (Å²) in [5.74, 6) is -0.273. The van der Waals surface area contributed by atoms with Gasteiger partial charge in [0, 0.05) is 4.11 Å². The second-order valence-electron chi connectivity index (χ2n) is 5.12. The van der Waals surface area contributed by atoms with Crippen molar-refractivity contribution >= 4 is 10.1 Å². The second kappa shape index (κ2) is 8.84. The summed E-state index contributed by atoms with van der Waals surface area (Å²) in [7, 11) is -3.94. The van der Waals surface area contributed by atoms with E-state index in [-0.39, 0.29) is 11.5 Å². The lowest BCUT2D eigenvalue weighted by molar-refractivity contribution is 0.0178. The molecule has 0 bridgehead atoms. The smallest absolute Gasteiger partial charge is 0.264 e. The van der Waals surface area contributed by atoms with Crippen LogP contribution in [0.15, 0.2) is 54.6 Å². The van der Waals surface area contributed by atoms with Crippen molar-refractivity contribution in [1.29, 1.82) is 0 Å². The molecule has 0 amide bonds. The highest BCUT2D eigenvalue weighted by molar-refractivity contribution is 7.86. The molecule has 2 aromatic carbocycles. The summed E-state index contributed by atoms with van der Waals surface area (Å²) in [6.07, 6.45) is -1.62. The lowest BCUT2D eigenvalue weighted by Crippen LogP contribution is -2.32. The maximum absolute atomic E-state index is 11.6. The monoisotopic (exact) mass is 371 g/mol. The van der Waals surface area contributed by atoms with E-state index in [1.54, 1.807) is 36.4 Å². The maximum atomic E-state index is 11.6. The quantitative estimate of drug-likeness (QED) is 0.682. The minimum Gasteiger partial charge on any atom is -0.490 e. The highest BCUT2D eigenvalue weighted by Gasteiger charge is 2.29. The average molecular weight is 371 g/mol. The summed E-state index contributed by atoms with van der Waals surface area (Å²) in [6, 6.07) is 14.1. The molecule has 0 unspecified atom stereocenters. The molecule has 0 radical (unpaired) electrons. The molecule has 1 N–H and O–H groups in total. The van der Waals surface area contributed by atoms with Crippen molar-refractivity contribution in [2.75, 3.05) is 19.4 Å². The zero-order valence-electron chi connectivity index (χ0n) is 18.5. The molecule has 0 saturated heterocycles. The molecule has 2 aromatic rings. The predicted molar refractivity (Wildman–Crippen MR) is 94.2 cm³/mol. The van der Waals surface area contributed by atoms with Crippen molar-refractivity contribution in [3.63, 3.8) is 0 Å². The van der Waals surface area contributed by atoms with Crippen molar-refractivity contribution in [3.8, 4) is 11.5 Å². The van der Waals surface area contributed by atoms with Crippen LogP contribution in [0.2, 0.25) is 0 Å². The first-order valence-corrected chi connectivity index (χ1v) is 9.14. The Hall–Kier alpha value is -2.09. The number of hydrogen-bond donors (Lipinski definition) is 1. The van der Waals surface area contributed by atoms with Crippen molar-refractivity contribution in [3.05, 3.63) is 60.2 Å². The van der Waals surface area contributed by atoms with Gasteiger partial charge in [0.15, 0.2) is 17.6 Å². The van der Waals surface area contributed by atoms with Gasteiger partial charge in [0.1, 0.15) is 6.10 Å². The molecule has 0 fully saturated rings. The lowest BCUT2D eigenvalue weighted by Gasteiger charge is -2.27. The third-order valence-corrected chi connectivity index (χ3v) is 3.80. The first-order chi connectivity index (χ1) is 13.8. The van der Waals surface area contributed by atoms with E-state index >= 15 is 0 Å². The highest BCUT2D eigenvalue weighted by Crippen LogP contribution is 2.33. The van der Waals surface area contributed by atoms with Crippen LogP contribution in [0.4, 0.5) is 0 Å². The molecule has 6 nitrogen and oxygen atoms in total. The van der Waals surface area contributed by atoms with Crippen molar-refractivity contribution in [2.24, 2.45) is 0 Å². The van der Waals surface area contributed by atoms with Crippen molar-refractivity contribution < 1.29 is 34.0 Å². The fourth-order valence-electron chi connectivity index (χ4n) is 2.23. The van der Waals surface area contributed by atoms with Crippen molar-refractivity contribution in [2.45, 2.75) is 19.1 Å². The van der Waals surface area contributed by atoms with Gasteiger partial charge in [-0.25, -0.2) is 0 Å². The summed E-state index contributed by atoms with van der Waals surface area (Å²) in [6.45, 7) is -6.77. The Morgan fingerprint density at radius 2 is 1.76 bits per heavy atom. The number of aliphatic hydroxyl groups is 1. The molecule has 136 valence electrons. The maximum Gasteiger partial charge on any atom is 0.264 e. The first kappa shape index (κ1) is 13.2.